The first-order chi connectivity index (χ1) is 12.2. The van der Waals surface area contributed by atoms with Crippen LogP contribution < -0.4 is 0 Å². The van der Waals surface area contributed by atoms with Gasteiger partial charge < -0.3 is 4.74 Å². The van der Waals surface area contributed by atoms with Crippen LogP contribution in [-0.4, -0.2) is 68.8 Å². The summed E-state index contributed by atoms with van der Waals surface area (Å²) in [5.41, 5.74) is 0.308. The topological polar surface area (TPSA) is 58.6 Å². The molecule has 0 N–H and O–H groups in total. The molecule has 1 aliphatic carbocycles. The number of rotatable bonds is 4. The second kappa shape index (κ2) is 6.22. The zero-order valence-corrected chi connectivity index (χ0v) is 15.4. The zero-order valence-electron chi connectivity index (χ0n) is 14.6. The molecule has 1 saturated carbocycles. The van der Waals surface area contributed by atoms with Crippen molar-refractivity contribution in [1.82, 2.24) is 19.2 Å². The molecule has 1 atom stereocenters. The van der Waals surface area contributed by atoms with E-state index in [4.69, 9.17) is 4.74 Å². The van der Waals surface area contributed by atoms with Crippen LogP contribution >= 0.6 is 0 Å². The average molecular weight is 390 g/mol. The van der Waals surface area contributed by atoms with Crippen molar-refractivity contribution in [2.24, 2.45) is 5.41 Å². The zero-order chi connectivity index (χ0) is 18.7. The summed E-state index contributed by atoms with van der Waals surface area (Å²) in [6.45, 7) is 4.43. The van der Waals surface area contributed by atoms with Crippen molar-refractivity contribution >= 4 is 11.0 Å². The fourth-order valence-corrected chi connectivity index (χ4v) is 5.47. The van der Waals surface area contributed by atoms with Crippen LogP contribution in [0.5, 0.6) is 0 Å². The van der Waals surface area contributed by atoms with E-state index in [1.165, 1.54) is 6.92 Å². The first kappa shape index (κ1) is 18.3. The van der Waals surface area contributed by atoms with Crippen molar-refractivity contribution in [2.75, 3.05) is 33.4 Å². The lowest BCUT2D eigenvalue weighted by molar-refractivity contribution is -0.145. The summed E-state index contributed by atoms with van der Waals surface area (Å²) in [6.07, 6.45) is -1.42. The summed E-state index contributed by atoms with van der Waals surface area (Å²) in [5.74, 6) is -1.19. The normalized spacial score (nSPS) is 25.0. The van der Waals surface area contributed by atoms with Crippen molar-refractivity contribution in [3.05, 3.63) is 17.7 Å². The molecule has 0 aromatic carbocycles. The van der Waals surface area contributed by atoms with E-state index in [1.54, 1.807) is 4.31 Å². The summed E-state index contributed by atoms with van der Waals surface area (Å²) >= 11 is 0. The van der Waals surface area contributed by atoms with E-state index in [1.807, 2.05) is 0 Å². The van der Waals surface area contributed by atoms with Crippen molar-refractivity contribution in [2.45, 2.75) is 42.9 Å². The van der Waals surface area contributed by atoms with Crippen LogP contribution in [0.2, 0.25) is 0 Å². The van der Waals surface area contributed by atoms with Gasteiger partial charge in [0.25, 0.3) is 0 Å². The minimum absolute atomic E-state index is 0.114. The molecular formula is C16H21F3N4O2S. The Labute approximate surface area is 152 Å². The number of aromatic nitrogens is 2. The first-order valence-corrected chi connectivity index (χ1v) is 9.67. The average Bonchev–Trinajstić information content (AvgIpc) is 2.41. The monoisotopic (exact) mass is 390 g/mol. The molecule has 3 aliphatic rings. The third-order valence-electron chi connectivity index (χ3n) is 5.74. The SMILES string of the molecule is Cc1nc(C(F)(F)F)ncc1S(=O)N1CC2(CC(N(C)C3COC3)C2)C1. The predicted molar refractivity (Wildman–Crippen MR) is 87.6 cm³/mol. The van der Waals surface area contributed by atoms with E-state index < -0.39 is 23.0 Å². The molecule has 3 heterocycles. The fraction of sp³-hybridized carbons (Fsp3) is 0.750. The summed E-state index contributed by atoms with van der Waals surface area (Å²) in [4.78, 5) is 9.45. The Morgan fingerprint density at radius 2 is 1.96 bits per heavy atom. The van der Waals surface area contributed by atoms with Gasteiger partial charge in [0.05, 0.1) is 29.8 Å². The molecule has 2 aliphatic heterocycles. The van der Waals surface area contributed by atoms with Gasteiger partial charge in [0, 0.05) is 30.7 Å². The van der Waals surface area contributed by atoms with Gasteiger partial charge in [0.2, 0.25) is 5.82 Å². The molecule has 10 heteroatoms. The molecule has 26 heavy (non-hydrogen) atoms. The number of hydrogen-bond acceptors (Lipinski definition) is 5. The molecule has 0 radical (unpaired) electrons. The van der Waals surface area contributed by atoms with Crippen LogP contribution in [0.15, 0.2) is 11.1 Å². The quantitative estimate of drug-likeness (QED) is 0.782. The van der Waals surface area contributed by atoms with Crippen LogP contribution in [0.25, 0.3) is 0 Å². The third kappa shape index (κ3) is 3.06. The maximum atomic E-state index is 12.7. The summed E-state index contributed by atoms with van der Waals surface area (Å²) < 4.78 is 57.7. The highest BCUT2D eigenvalue weighted by Crippen LogP contribution is 2.51. The van der Waals surface area contributed by atoms with Gasteiger partial charge in [-0.25, -0.2) is 18.5 Å². The molecule has 6 nitrogen and oxygen atoms in total. The highest BCUT2D eigenvalue weighted by atomic mass is 32.2. The van der Waals surface area contributed by atoms with E-state index in [2.05, 4.69) is 21.9 Å². The molecule has 0 bridgehead atoms. The van der Waals surface area contributed by atoms with Crippen LogP contribution in [0.4, 0.5) is 13.2 Å². The van der Waals surface area contributed by atoms with Crippen LogP contribution in [0, 0.1) is 12.3 Å². The van der Waals surface area contributed by atoms with E-state index >= 15 is 0 Å². The smallest absolute Gasteiger partial charge is 0.378 e. The van der Waals surface area contributed by atoms with E-state index in [0.717, 1.165) is 32.3 Å². The Balaban J connectivity index is 1.34. The lowest BCUT2D eigenvalue weighted by atomic mass is 9.61. The summed E-state index contributed by atoms with van der Waals surface area (Å²) in [7, 11) is 0.611. The standard InChI is InChI=1S/C16H21F3N4O2S/c1-10-13(5-20-14(21-10)16(17,18)19)26(24)23-8-15(9-23)3-11(4-15)22(2)12-6-25-7-12/h5,11-12H,3-4,6-9H2,1-2H3. The first-order valence-electron chi connectivity index (χ1n) is 8.56. The maximum Gasteiger partial charge on any atom is 0.451 e. The van der Waals surface area contributed by atoms with Gasteiger partial charge in [-0.15, -0.1) is 0 Å². The number of nitrogens with zero attached hydrogens (tertiary/aromatic N) is 4. The molecular weight excluding hydrogens is 369 g/mol. The number of alkyl halides is 3. The van der Waals surface area contributed by atoms with Gasteiger partial charge in [0.1, 0.15) is 11.0 Å². The van der Waals surface area contributed by atoms with Gasteiger partial charge in [0.15, 0.2) is 0 Å². The number of likely N-dealkylation sites (N-methyl/N-ethyl adjacent to an activating group) is 1. The molecule has 1 spiro atoms. The van der Waals surface area contributed by atoms with Gasteiger partial charge in [-0.2, -0.15) is 13.2 Å². The minimum atomic E-state index is -4.59. The Morgan fingerprint density at radius 1 is 1.31 bits per heavy atom. The Kier molecular flexibility index (Phi) is 4.37. The molecule has 2 saturated heterocycles. The van der Waals surface area contributed by atoms with Crippen molar-refractivity contribution in [1.29, 1.82) is 0 Å². The van der Waals surface area contributed by atoms with Gasteiger partial charge in [-0.3, -0.25) is 4.90 Å². The van der Waals surface area contributed by atoms with Crippen LogP contribution in [-0.2, 0) is 21.9 Å². The second-order valence-electron chi connectivity index (χ2n) is 7.61. The predicted octanol–water partition coefficient (Wildman–Crippen LogP) is 1.62. The largest absolute Gasteiger partial charge is 0.451 e. The third-order valence-corrected chi connectivity index (χ3v) is 7.25. The van der Waals surface area contributed by atoms with Gasteiger partial charge in [-0.1, -0.05) is 0 Å². The molecule has 4 rings (SSSR count). The molecule has 3 fully saturated rings. The van der Waals surface area contributed by atoms with Gasteiger partial charge >= 0.3 is 6.18 Å². The highest BCUT2D eigenvalue weighted by molar-refractivity contribution is 7.82. The Bertz CT molecular complexity index is 727. The second-order valence-corrected chi connectivity index (χ2v) is 9.06. The Hall–Kier alpha value is -1.10. The van der Waals surface area contributed by atoms with Crippen molar-refractivity contribution in [3.8, 4) is 0 Å². The summed E-state index contributed by atoms with van der Waals surface area (Å²) in [5, 5.41) is 0. The molecule has 1 aromatic rings. The number of halogens is 3. The Morgan fingerprint density at radius 3 is 2.46 bits per heavy atom. The lowest BCUT2D eigenvalue weighted by Crippen LogP contribution is -2.68. The highest BCUT2D eigenvalue weighted by Gasteiger charge is 2.55. The van der Waals surface area contributed by atoms with Crippen LogP contribution in [0.3, 0.4) is 0 Å². The number of hydrogen-bond donors (Lipinski definition) is 0. The van der Waals surface area contributed by atoms with Gasteiger partial charge in [-0.05, 0) is 26.8 Å². The minimum Gasteiger partial charge on any atom is -0.378 e. The molecule has 1 aromatic heterocycles. The maximum absolute atomic E-state index is 12.7. The van der Waals surface area contributed by atoms with Crippen LogP contribution in [0.1, 0.15) is 24.4 Å². The van der Waals surface area contributed by atoms with E-state index in [-0.39, 0.29) is 16.0 Å². The molecule has 144 valence electrons. The van der Waals surface area contributed by atoms with Crippen molar-refractivity contribution < 1.29 is 22.1 Å². The summed E-state index contributed by atoms with van der Waals surface area (Å²) in [6, 6.07) is 1.05. The van der Waals surface area contributed by atoms with E-state index in [9.17, 15) is 17.4 Å². The van der Waals surface area contributed by atoms with Crippen molar-refractivity contribution in [3.63, 3.8) is 0 Å². The number of ether oxygens (including phenoxy) is 1. The molecule has 0 amide bonds. The lowest BCUT2D eigenvalue weighted by Gasteiger charge is -2.61. The molecule has 1 unspecified atom stereocenters. The fourth-order valence-electron chi connectivity index (χ4n) is 3.96. The van der Waals surface area contributed by atoms with E-state index in [0.29, 0.717) is 25.2 Å². The number of aryl methyl sites for hydroxylation is 1.